The second-order valence-corrected chi connectivity index (χ2v) is 4.90. The fourth-order valence-electron chi connectivity index (χ4n) is 1.56. The second-order valence-electron chi connectivity index (χ2n) is 4.09. The molecule has 0 radical (unpaired) electrons. The first-order valence-electron chi connectivity index (χ1n) is 5.06. The molecule has 7 heteroatoms. The summed E-state index contributed by atoms with van der Waals surface area (Å²) < 4.78 is 12.9. The van der Waals surface area contributed by atoms with Crippen LogP contribution in [0.4, 0.5) is 10.1 Å². The van der Waals surface area contributed by atoms with E-state index in [1.54, 1.807) is 0 Å². The number of rotatable bonds is 3. The molecule has 0 aromatic heterocycles. The number of nitrogens with one attached hydrogen (secondary N) is 1. The van der Waals surface area contributed by atoms with E-state index in [1.165, 1.54) is 0 Å². The summed E-state index contributed by atoms with van der Waals surface area (Å²) in [7, 11) is 0. The van der Waals surface area contributed by atoms with Gasteiger partial charge in [0.15, 0.2) is 0 Å². The lowest BCUT2D eigenvalue weighted by Crippen LogP contribution is -2.31. The Hall–Kier alpha value is -1.33. The van der Waals surface area contributed by atoms with Crippen LogP contribution in [0.25, 0.3) is 0 Å². The maximum atomic E-state index is 12.9. The molecule has 1 amide bonds. The van der Waals surface area contributed by atoms with Crippen molar-refractivity contribution in [1.82, 2.24) is 0 Å². The molecule has 96 valence electrons. The summed E-state index contributed by atoms with van der Waals surface area (Å²) in [5.74, 6) is -2.51. The predicted octanol–water partition coefficient (Wildman–Crippen LogP) is 2.94. The summed E-state index contributed by atoms with van der Waals surface area (Å²) in [5.41, 5.74) is -1.38. The Balaban J connectivity index is 2.26. The highest BCUT2D eigenvalue weighted by atomic mass is 35.5. The highest BCUT2D eigenvalue weighted by Crippen LogP contribution is 2.47. The molecular formula is C11H8Cl2FNO3. The van der Waals surface area contributed by atoms with Crippen LogP contribution in [0.5, 0.6) is 0 Å². The first-order valence-corrected chi connectivity index (χ1v) is 5.82. The van der Waals surface area contributed by atoms with Crippen molar-refractivity contribution in [2.45, 2.75) is 12.8 Å². The Labute approximate surface area is 112 Å². The quantitative estimate of drug-likeness (QED) is 0.842. The lowest BCUT2D eigenvalue weighted by molar-refractivity contribution is -0.147. The molecule has 0 aliphatic heterocycles. The van der Waals surface area contributed by atoms with Crippen molar-refractivity contribution < 1.29 is 19.1 Å². The molecule has 0 spiro atoms. The SMILES string of the molecule is O=C(O)C1(C(=O)Nc2c(Cl)cc(F)cc2Cl)CC1. The van der Waals surface area contributed by atoms with Crippen LogP contribution in [-0.2, 0) is 9.59 Å². The van der Waals surface area contributed by atoms with Gasteiger partial charge in [0.25, 0.3) is 0 Å². The standard InChI is InChI=1S/C11H8Cl2FNO3/c12-6-3-5(14)4-7(13)8(6)15-9(16)11(1-2-11)10(17)18/h3-4H,1-2H2,(H,15,16)(H,17,18). The second kappa shape index (κ2) is 4.40. The molecule has 0 bridgehead atoms. The summed E-state index contributed by atoms with van der Waals surface area (Å²) in [6.07, 6.45) is 0.537. The monoisotopic (exact) mass is 291 g/mol. The number of hydrogen-bond acceptors (Lipinski definition) is 2. The molecule has 1 aromatic rings. The molecule has 0 saturated heterocycles. The van der Waals surface area contributed by atoms with E-state index in [1.807, 2.05) is 0 Å². The van der Waals surface area contributed by atoms with Crippen molar-refractivity contribution in [3.8, 4) is 0 Å². The molecule has 1 saturated carbocycles. The molecule has 1 aromatic carbocycles. The van der Waals surface area contributed by atoms with Crippen molar-refractivity contribution in [2.75, 3.05) is 5.32 Å². The van der Waals surface area contributed by atoms with Gasteiger partial charge in [0.05, 0.1) is 15.7 Å². The van der Waals surface area contributed by atoms with Crippen LogP contribution in [0, 0.1) is 11.2 Å². The van der Waals surface area contributed by atoms with Gasteiger partial charge < -0.3 is 10.4 Å². The minimum Gasteiger partial charge on any atom is -0.480 e. The van der Waals surface area contributed by atoms with Crippen LogP contribution >= 0.6 is 23.2 Å². The maximum Gasteiger partial charge on any atom is 0.319 e. The number of aliphatic carboxylic acids is 1. The summed E-state index contributed by atoms with van der Waals surface area (Å²) >= 11 is 11.5. The number of carbonyl (C=O) groups is 2. The normalized spacial score (nSPS) is 16.2. The first kappa shape index (κ1) is 13.1. The summed E-state index contributed by atoms with van der Waals surface area (Å²) in [4.78, 5) is 22.8. The molecule has 2 N–H and O–H groups in total. The van der Waals surface area contributed by atoms with Gasteiger partial charge in [-0.25, -0.2) is 4.39 Å². The zero-order valence-electron chi connectivity index (χ0n) is 8.97. The molecule has 0 heterocycles. The fourth-order valence-corrected chi connectivity index (χ4v) is 2.11. The number of halogens is 3. The average Bonchev–Trinajstić information content (AvgIpc) is 3.03. The van der Waals surface area contributed by atoms with E-state index in [9.17, 15) is 14.0 Å². The Bertz CT molecular complexity index is 520. The summed E-state index contributed by atoms with van der Waals surface area (Å²) in [5, 5.41) is 11.1. The summed E-state index contributed by atoms with van der Waals surface area (Å²) in [6.45, 7) is 0. The maximum absolute atomic E-state index is 12.9. The van der Waals surface area contributed by atoms with E-state index < -0.39 is 23.1 Å². The highest BCUT2D eigenvalue weighted by molar-refractivity contribution is 6.40. The lowest BCUT2D eigenvalue weighted by Gasteiger charge is -2.13. The largest absolute Gasteiger partial charge is 0.480 e. The average molecular weight is 292 g/mol. The third kappa shape index (κ3) is 2.15. The minimum absolute atomic E-state index is 0.0252. The number of hydrogen-bond donors (Lipinski definition) is 2. The van der Waals surface area contributed by atoms with Crippen LogP contribution in [0.2, 0.25) is 10.0 Å². The van der Waals surface area contributed by atoms with Gasteiger partial charge in [-0.05, 0) is 25.0 Å². The van der Waals surface area contributed by atoms with Gasteiger partial charge >= 0.3 is 5.97 Å². The van der Waals surface area contributed by atoms with Crippen LogP contribution in [0.3, 0.4) is 0 Å². The predicted molar refractivity (Wildman–Crippen MR) is 64.4 cm³/mol. The fraction of sp³-hybridized carbons (Fsp3) is 0.273. The summed E-state index contributed by atoms with van der Waals surface area (Å²) in [6, 6.07) is 1.98. The van der Waals surface area contributed by atoms with Crippen molar-refractivity contribution >= 4 is 40.8 Å². The first-order chi connectivity index (χ1) is 8.36. The lowest BCUT2D eigenvalue weighted by atomic mass is 10.1. The van der Waals surface area contributed by atoms with E-state index in [-0.39, 0.29) is 28.6 Å². The third-order valence-corrected chi connectivity index (χ3v) is 3.44. The van der Waals surface area contributed by atoms with Gasteiger partial charge in [0.2, 0.25) is 5.91 Å². The van der Waals surface area contributed by atoms with Gasteiger partial charge in [0, 0.05) is 0 Å². The zero-order chi connectivity index (χ0) is 13.5. The topological polar surface area (TPSA) is 66.4 Å². The van der Waals surface area contributed by atoms with Crippen molar-refractivity contribution in [1.29, 1.82) is 0 Å². The van der Waals surface area contributed by atoms with E-state index in [0.717, 1.165) is 12.1 Å². The van der Waals surface area contributed by atoms with Gasteiger partial charge in [-0.15, -0.1) is 0 Å². The molecule has 1 aliphatic carbocycles. The Morgan fingerprint density at radius 1 is 1.28 bits per heavy atom. The molecule has 0 atom stereocenters. The van der Waals surface area contributed by atoms with Crippen LogP contribution < -0.4 is 5.32 Å². The number of carbonyl (C=O) groups excluding carboxylic acids is 1. The van der Waals surface area contributed by atoms with E-state index in [4.69, 9.17) is 28.3 Å². The third-order valence-electron chi connectivity index (χ3n) is 2.84. The van der Waals surface area contributed by atoms with Crippen molar-refractivity contribution in [3.63, 3.8) is 0 Å². The number of carboxylic acid groups (broad SMARTS) is 1. The Morgan fingerprint density at radius 3 is 2.17 bits per heavy atom. The molecule has 18 heavy (non-hydrogen) atoms. The van der Waals surface area contributed by atoms with Gasteiger partial charge in [-0.2, -0.15) is 0 Å². The molecule has 1 aliphatic rings. The van der Waals surface area contributed by atoms with E-state index >= 15 is 0 Å². The van der Waals surface area contributed by atoms with Crippen LogP contribution in [0.1, 0.15) is 12.8 Å². The molecule has 0 unspecified atom stereocenters. The van der Waals surface area contributed by atoms with Gasteiger partial charge in [-0.3, -0.25) is 9.59 Å². The van der Waals surface area contributed by atoms with Crippen LogP contribution in [0.15, 0.2) is 12.1 Å². The zero-order valence-corrected chi connectivity index (χ0v) is 10.5. The molecule has 2 rings (SSSR count). The molecule has 1 fully saturated rings. The number of amides is 1. The van der Waals surface area contributed by atoms with Crippen molar-refractivity contribution in [3.05, 3.63) is 28.0 Å². The minimum atomic E-state index is -1.40. The Kier molecular flexibility index (Phi) is 3.21. The van der Waals surface area contributed by atoms with E-state index in [2.05, 4.69) is 5.32 Å². The molecule has 4 nitrogen and oxygen atoms in total. The Morgan fingerprint density at radius 2 is 1.78 bits per heavy atom. The number of carboxylic acids is 1. The number of anilines is 1. The molecular weight excluding hydrogens is 284 g/mol. The van der Waals surface area contributed by atoms with E-state index in [0.29, 0.717) is 0 Å². The smallest absolute Gasteiger partial charge is 0.319 e. The number of benzene rings is 1. The van der Waals surface area contributed by atoms with Crippen molar-refractivity contribution in [2.24, 2.45) is 5.41 Å². The van der Waals surface area contributed by atoms with Crippen LogP contribution in [-0.4, -0.2) is 17.0 Å². The van der Waals surface area contributed by atoms with Gasteiger partial charge in [0.1, 0.15) is 11.2 Å². The van der Waals surface area contributed by atoms with Gasteiger partial charge in [-0.1, -0.05) is 23.2 Å². The highest BCUT2D eigenvalue weighted by Gasteiger charge is 2.57.